The molecule has 2 amide bonds. The monoisotopic (exact) mass is 374 g/mol. The number of amides is 2. The van der Waals surface area contributed by atoms with Gasteiger partial charge in [0.25, 0.3) is 0 Å². The van der Waals surface area contributed by atoms with Gasteiger partial charge in [0, 0.05) is 44.0 Å². The number of halogens is 2. The van der Waals surface area contributed by atoms with E-state index < -0.39 is 6.67 Å². The Balaban J connectivity index is 1.75. The second kappa shape index (κ2) is 9.41. The fourth-order valence-corrected chi connectivity index (χ4v) is 3.38. The quantitative estimate of drug-likeness (QED) is 0.818. The molecule has 27 heavy (non-hydrogen) atoms. The second-order valence-electron chi connectivity index (χ2n) is 6.75. The minimum atomic E-state index is -0.493. The molecule has 1 aromatic heterocycles. The Morgan fingerprint density at radius 2 is 2.07 bits per heavy atom. The van der Waals surface area contributed by atoms with Crippen LogP contribution >= 0.6 is 0 Å². The zero-order valence-electron chi connectivity index (χ0n) is 15.1. The number of carbonyl (C=O) groups is 1. The number of urea groups is 1. The van der Waals surface area contributed by atoms with E-state index >= 15 is 0 Å². The summed E-state index contributed by atoms with van der Waals surface area (Å²) in [5, 5.41) is 6.09. The maximum absolute atomic E-state index is 13.5. The Labute approximate surface area is 157 Å². The highest BCUT2D eigenvalue weighted by Gasteiger charge is 2.33. The van der Waals surface area contributed by atoms with E-state index in [0.717, 1.165) is 17.7 Å². The summed E-state index contributed by atoms with van der Waals surface area (Å²) in [6.07, 6.45) is 4.04. The fourth-order valence-electron chi connectivity index (χ4n) is 3.38. The smallest absolute Gasteiger partial charge is 0.318 e. The Morgan fingerprint density at radius 1 is 1.26 bits per heavy atom. The van der Waals surface area contributed by atoms with Crippen molar-refractivity contribution in [3.8, 4) is 0 Å². The summed E-state index contributed by atoms with van der Waals surface area (Å²) < 4.78 is 26.7. The molecule has 2 heterocycles. The predicted octanol–water partition coefficient (Wildman–Crippen LogP) is 2.88. The number of nitrogens with zero attached hydrogens (tertiary/aromatic N) is 2. The highest BCUT2D eigenvalue weighted by molar-refractivity contribution is 5.74. The van der Waals surface area contributed by atoms with Crippen LogP contribution < -0.4 is 10.6 Å². The van der Waals surface area contributed by atoms with Gasteiger partial charge in [-0.2, -0.15) is 0 Å². The van der Waals surface area contributed by atoms with E-state index in [2.05, 4.69) is 15.6 Å². The van der Waals surface area contributed by atoms with Gasteiger partial charge >= 0.3 is 6.03 Å². The van der Waals surface area contributed by atoms with Crippen LogP contribution in [0.5, 0.6) is 0 Å². The van der Waals surface area contributed by atoms with Crippen molar-refractivity contribution in [1.82, 2.24) is 20.5 Å². The van der Waals surface area contributed by atoms with Crippen LogP contribution in [-0.2, 0) is 13.1 Å². The predicted molar refractivity (Wildman–Crippen MR) is 99.2 cm³/mol. The number of carbonyl (C=O) groups excluding carboxylic acids is 1. The standard InChI is InChI=1S/C20H24F2N4O/c21-10-17-13-24-9-7-19(17)26(14-15-3-5-18(22)6-4-15)20(27)25-12-16-2-1-8-23-11-16/h1-6,8,11,17,19,24H,7,9-10,12-14H2,(H,25,27)/t17-,19+/m1/s1. The van der Waals surface area contributed by atoms with Gasteiger partial charge in [0.15, 0.2) is 0 Å². The van der Waals surface area contributed by atoms with Crippen LogP contribution in [0.2, 0.25) is 0 Å². The molecule has 1 aliphatic heterocycles. The van der Waals surface area contributed by atoms with Crippen molar-refractivity contribution in [3.63, 3.8) is 0 Å². The third-order valence-corrected chi connectivity index (χ3v) is 4.86. The Morgan fingerprint density at radius 3 is 2.78 bits per heavy atom. The number of benzene rings is 1. The van der Waals surface area contributed by atoms with Gasteiger partial charge in [-0.05, 0) is 42.3 Å². The normalized spacial score (nSPS) is 19.5. The van der Waals surface area contributed by atoms with Gasteiger partial charge in [-0.15, -0.1) is 0 Å². The lowest BCUT2D eigenvalue weighted by Gasteiger charge is -2.39. The number of nitrogens with one attached hydrogen (secondary N) is 2. The Kier molecular flexibility index (Phi) is 6.70. The van der Waals surface area contributed by atoms with Crippen molar-refractivity contribution in [2.24, 2.45) is 5.92 Å². The number of hydrogen-bond acceptors (Lipinski definition) is 3. The molecule has 1 saturated heterocycles. The molecule has 0 spiro atoms. The van der Waals surface area contributed by atoms with Crippen molar-refractivity contribution >= 4 is 6.03 Å². The van der Waals surface area contributed by atoms with Gasteiger partial charge in [-0.1, -0.05) is 18.2 Å². The number of alkyl halides is 1. The molecular formula is C20H24F2N4O. The van der Waals surface area contributed by atoms with E-state index in [9.17, 15) is 13.6 Å². The molecule has 2 atom stereocenters. The summed E-state index contributed by atoms with van der Waals surface area (Å²) in [4.78, 5) is 18.6. The van der Waals surface area contributed by atoms with Gasteiger partial charge in [0.1, 0.15) is 5.82 Å². The summed E-state index contributed by atoms with van der Waals surface area (Å²) in [7, 11) is 0. The highest BCUT2D eigenvalue weighted by Crippen LogP contribution is 2.22. The molecule has 7 heteroatoms. The summed E-state index contributed by atoms with van der Waals surface area (Å²) in [5.74, 6) is -0.585. The third-order valence-electron chi connectivity index (χ3n) is 4.86. The summed E-state index contributed by atoms with van der Waals surface area (Å²) >= 11 is 0. The van der Waals surface area contributed by atoms with E-state index in [1.54, 1.807) is 29.4 Å². The van der Waals surface area contributed by atoms with Gasteiger partial charge in [0.05, 0.1) is 6.67 Å². The lowest BCUT2D eigenvalue weighted by atomic mass is 9.92. The molecule has 1 aliphatic rings. The van der Waals surface area contributed by atoms with Crippen molar-refractivity contribution in [2.75, 3.05) is 19.8 Å². The molecule has 2 aromatic rings. The Hall–Kier alpha value is -2.54. The number of pyridine rings is 1. The maximum atomic E-state index is 13.5. The summed E-state index contributed by atoms with van der Waals surface area (Å²) in [6.45, 7) is 1.43. The first-order chi connectivity index (χ1) is 13.2. The first kappa shape index (κ1) is 19.2. The largest absolute Gasteiger partial charge is 0.334 e. The van der Waals surface area contributed by atoms with Crippen molar-refractivity contribution < 1.29 is 13.6 Å². The zero-order chi connectivity index (χ0) is 19.1. The summed E-state index contributed by atoms with van der Waals surface area (Å²) in [6, 6.07) is 9.27. The molecule has 1 fully saturated rings. The van der Waals surface area contributed by atoms with Crippen LogP contribution in [0, 0.1) is 11.7 Å². The molecule has 3 rings (SSSR count). The molecule has 1 aromatic carbocycles. The lowest BCUT2D eigenvalue weighted by molar-refractivity contribution is 0.108. The highest BCUT2D eigenvalue weighted by atomic mass is 19.1. The maximum Gasteiger partial charge on any atom is 0.318 e. The number of aromatic nitrogens is 1. The minimum Gasteiger partial charge on any atom is -0.334 e. The first-order valence-electron chi connectivity index (χ1n) is 9.12. The number of rotatable bonds is 6. The Bertz CT molecular complexity index is 727. The average molecular weight is 374 g/mol. The average Bonchev–Trinajstić information content (AvgIpc) is 2.72. The van der Waals surface area contributed by atoms with E-state index in [4.69, 9.17) is 0 Å². The molecule has 0 saturated carbocycles. The van der Waals surface area contributed by atoms with Crippen molar-refractivity contribution in [1.29, 1.82) is 0 Å². The number of piperidine rings is 1. The molecule has 0 bridgehead atoms. The third kappa shape index (κ3) is 5.23. The molecule has 144 valence electrons. The zero-order valence-corrected chi connectivity index (χ0v) is 15.1. The van der Waals surface area contributed by atoms with E-state index in [1.165, 1.54) is 12.1 Å². The van der Waals surface area contributed by atoms with Crippen LogP contribution in [-0.4, -0.2) is 41.7 Å². The van der Waals surface area contributed by atoms with E-state index in [-0.39, 0.29) is 23.8 Å². The molecule has 0 radical (unpaired) electrons. The van der Waals surface area contributed by atoms with E-state index in [0.29, 0.717) is 26.1 Å². The van der Waals surface area contributed by atoms with Crippen LogP contribution in [0.25, 0.3) is 0 Å². The molecule has 2 N–H and O–H groups in total. The van der Waals surface area contributed by atoms with Crippen molar-refractivity contribution in [3.05, 3.63) is 65.7 Å². The second-order valence-corrected chi connectivity index (χ2v) is 6.75. The molecule has 0 unspecified atom stereocenters. The topological polar surface area (TPSA) is 57.3 Å². The minimum absolute atomic E-state index is 0.213. The molecular weight excluding hydrogens is 350 g/mol. The molecule has 0 aliphatic carbocycles. The fraction of sp³-hybridized carbons (Fsp3) is 0.400. The van der Waals surface area contributed by atoms with Crippen LogP contribution in [0.15, 0.2) is 48.8 Å². The summed E-state index contributed by atoms with van der Waals surface area (Å²) in [5.41, 5.74) is 1.70. The van der Waals surface area contributed by atoms with Crippen LogP contribution in [0.3, 0.4) is 0 Å². The van der Waals surface area contributed by atoms with Crippen LogP contribution in [0.4, 0.5) is 13.6 Å². The van der Waals surface area contributed by atoms with Gasteiger partial charge in [-0.25, -0.2) is 9.18 Å². The molecule has 5 nitrogen and oxygen atoms in total. The van der Waals surface area contributed by atoms with Gasteiger partial charge < -0.3 is 15.5 Å². The van der Waals surface area contributed by atoms with Gasteiger partial charge in [0.2, 0.25) is 0 Å². The lowest BCUT2D eigenvalue weighted by Crippen LogP contribution is -2.54. The van der Waals surface area contributed by atoms with E-state index in [1.807, 2.05) is 12.1 Å². The van der Waals surface area contributed by atoms with Crippen molar-refractivity contribution in [2.45, 2.75) is 25.6 Å². The van der Waals surface area contributed by atoms with Gasteiger partial charge in [-0.3, -0.25) is 9.37 Å². The van der Waals surface area contributed by atoms with Crippen LogP contribution in [0.1, 0.15) is 17.5 Å². The SMILES string of the molecule is O=C(NCc1cccnc1)N(Cc1ccc(F)cc1)[C@H]1CCNC[C@H]1CF. The number of hydrogen-bond donors (Lipinski definition) is 2. The first-order valence-corrected chi connectivity index (χ1v) is 9.12.